The van der Waals surface area contributed by atoms with Gasteiger partial charge in [0.1, 0.15) is 0 Å². The molecule has 0 unspecified atom stereocenters. The number of nitrogens with zero attached hydrogens (tertiary/aromatic N) is 2. The van der Waals surface area contributed by atoms with E-state index >= 15 is 0 Å². The summed E-state index contributed by atoms with van der Waals surface area (Å²) in [6, 6.07) is 25.4. The predicted octanol–water partition coefficient (Wildman–Crippen LogP) is -0.0647. The van der Waals surface area contributed by atoms with E-state index in [4.69, 9.17) is 10.6 Å². The maximum atomic E-state index is 4.90. The molecule has 2 heterocycles. The van der Waals surface area contributed by atoms with Crippen molar-refractivity contribution in [3.63, 3.8) is 0 Å². The number of hydrogen-bond acceptors (Lipinski definition) is 0. The Kier molecular flexibility index (Phi) is 8.53. The summed E-state index contributed by atoms with van der Waals surface area (Å²) in [6.45, 7) is 4.11. The minimum Gasteiger partial charge on any atom is -1.00 e. The molecule has 0 spiro atoms. The van der Waals surface area contributed by atoms with Gasteiger partial charge >= 0.3 is 0 Å². The molecule has 0 saturated heterocycles. The standard InChI is InChI=1S/C26H20N2.2BrH.Ni/c1-17-15-23(19-9-5-3-6-10-19)21-13-14-22-24(20-11-7-4-8-12-20)16-18(2)28-26(22)25(21)27-17;;;/h3-16H,1-2H3;2*1H;/q-2;;;/p-2. The number of benzene rings is 3. The van der Waals surface area contributed by atoms with Crippen molar-refractivity contribution in [1.29, 1.82) is 0 Å². The van der Waals surface area contributed by atoms with Crippen LogP contribution in [0, 0.1) is 0 Å². The molecule has 5 rings (SSSR count). The van der Waals surface area contributed by atoms with Gasteiger partial charge in [0.05, 0.1) is 0 Å². The Morgan fingerprint density at radius 2 is 0.871 bits per heavy atom. The summed E-state index contributed by atoms with van der Waals surface area (Å²) >= 11 is 0. The van der Waals surface area contributed by atoms with E-state index in [1.54, 1.807) is 0 Å². The van der Waals surface area contributed by atoms with Gasteiger partial charge < -0.3 is 44.6 Å². The van der Waals surface area contributed by atoms with Crippen molar-refractivity contribution in [1.82, 2.24) is 0 Å². The molecule has 2 aliphatic rings. The SMILES string of the molecule is CC1=CC(c2ccccc2)=c2ccc3c(c2[N-]1)[N-]C(C)=CC=3c1ccccc1.[Br-].[Br-].[Ni]. The average Bonchev–Trinajstić information content (AvgIpc) is 2.74. The Balaban J connectivity index is 0.00000114. The number of hydrogen-bond donors (Lipinski definition) is 0. The number of rotatable bonds is 2. The zero-order chi connectivity index (χ0) is 19.1. The van der Waals surface area contributed by atoms with Gasteiger partial charge in [0.15, 0.2) is 0 Å². The molecule has 162 valence electrons. The van der Waals surface area contributed by atoms with Gasteiger partial charge in [-0.15, -0.1) is 11.4 Å². The smallest absolute Gasteiger partial charge is 0 e. The molecule has 31 heavy (non-hydrogen) atoms. The van der Waals surface area contributed by atoms with Gasteiger partial charge in [0.25, 0.3) is 0 Å². The maximum Gasteiger partial charge on any atom is 0 e. The Labute approximate surface area is 214 Å². The van der Waals surface area contributed by atoms with Crippen LogP contribution in [0.5, 0.6) is 0 Å². The monoisotopic (exact) mass is 576 g/mol. The quantitative estimate of drug-likeness (QED) is 0.381. The second-order valence-electron chi connectivity index (χ2n) is 7.21. The third-order valence-electron chi connectivity index (χ3n) is 5.18. The molecule has 3 aromatic rings. The minimum absolute atomic E-state index is 0. The zero-order valence-corrected chi connectivity index (χ0v) is 21.2. The molecule has 0 radical (unpaired) electrons. The summed E-state index contributed by atoms with van der Waals surface area (Å²) in [5.74, 6) is 0. The van der Waals surface area contributed by atoms with Gasteiger partial charge in [-0.05, 0) is 32.7 Å². The fourth-order valence-electron chi connectivity index (χ4n) is 3.94. The van der Waals surface area contributed by atoms with Crippen LogP contribution in [-0.2, 0) is 16.5 Å². The van der Waals surface area contributed by atoms with E-state index in [2.05, 4.69) is 86.7 Å². The van der Waals surface area contributed by atoms with Crippen LogP contribution in [0.4, 0.5) is 11.4 Å². The summed E-state index contributed by atoms with van der Waals surface area (Å²) in [4.78, 5) is 0. The van der Waals surface area contributed by atoms with Crippen LogP contribution in [0.2, 0.25) is 0 Å². The molecule has 0 atom stereocenters. The first-order chi connectivity index (χ1) is 13.7. The second-order valence-corrected chi connectivity index (χ2v) is 7.21. The number of halogens is 2. The molecule has 2 nitrogen and oxygen atoms in total. The molecule has 2 aliphatic heterocycles. The second kappa shape index (κ2) is 10.5. The molecular formula is C26H20Br2N2Ni-4. The van der Waals surface area contributed by atoms with Crippen molar-refractivity contribution in [3.05, 3.63) is 129 Å². The first-order valence-electron chi connectivity index (χ1n) is 9.53. The fourth-order valence-corrected chi connectivity index (χ4v) is 3.94. The summed E-state index contributed by atoms with van der Waals surface area (Å²) in [7, 11) is 0. The van der Waals surface area contributed by atoms with Gasteiger partial charge in [-0.1, -0.05) is 98.8 Å². The van der Waals surface area contributed by atoms with Gasteiger partial charge in [-0.25, -0.2) is 0 Å². The first kappa shape index (κ1) is 25.2. The van der Waals surface area contributed by atoms with E-state index in [0.717, 1.165) is 33.2 Å². The number of allylic oxidation sites excluding steroid dienone is 4. The molecule has 0 fully saturated rings. The maximum absolute atomic E-state index is 4.90. The van der Waals surface area contributed by atoms with Gasteiger partial charge in [0.2, 0.25) is 0 Å². The van der Waals surface area contributed by atoms with Crippen LogP contribution in [0.1, 0.15) is 25.0 Å². The van der Waals surface area contributed by atoms with Gasteiger partial charge in [-0.2, -0.15) is 11.4 Å². The molecule has 0 bridgehead atoms. The van der Waals surface area contributed by atoms with E-state index < -0.39 is 0 Å². The summed E-state index contributed by atoms with van der Waals surface area (Å²) < 4.78 is 0. The van der Waals surface area contributed by atoms with Gasteiger partial charge in [-0.3, -0.25) is 0 Å². The fraction of sp³-hybridized carbons (Fsp3) is 0.0769. The molecule has 0 aromatic heterocycles. The van der Waals surface area contributed by atoms with Crippen LogP contribution in [-0.4, -0.2) is 0 Å². The van der Waals surface area contributed by atoms with E-state index in [0.29, 0.717) is 0 Å². The number of fused-ring (bicyclic) bond motifs is 3. The van der Waals surface area contributed by atoms with Crippen LogP contribution >= 0.6 is 0 Å². The van der Waals surface area contributed by atoms with E-state index in [1.807, 2.05) is 12.1 Å². The van der Waals surface area contributed by atoms with Crippen molar-refractivity contribution in [3.8, 4) is 0 Å². The molecule has 0 N–H and O–H groups in total. The van der Waals surface area contributed by atoms with E-state index in [-0.39, 0.29) is 50.5 Å². The Morgan fingerprint density at radius 3 is 1.23 bits per heavy atom. The minimum atomic E-state index is 0. The molecule has 0 amide bonds. The first-order valence-corrected chi connectivity index (χ1v) is 9.53. The Hall–Kier alpha value is -2.07. The van der Waals surface area contributed by atoms with Crippen LogP contribution in [0.3, 0.4) is 0 Å². The average molecular weight is 579 g/mol. The summed E-state index contributed by atoms with van der Waals surface area (Å²) in [5, 5.41) is 12.1. The van der Waals surface area contributed by atoms with Crippen molar-refractivity contribution < 1.29 is 50.5 Å². The molecule has 0 aliphatic carbocycles. The molecule has 5 heteroatoms. The Bertz CT molecular complexity index is 1160. The summed E-state index contributed by atoms with van der Waals surface area (Å²) in [6.07, 6.45) is 4.33. The van der Waals surface area contributed by atoms with Crippen molar-refractivity contribution in [2.45, 2.75) is 13.8 Å². The van der Waals surface area contributed by atoms with Gasteiger partial charge in [0, 0.05) is 16.5 Å². The normalized spacial score (nSPS) is 13.5. The predicted molar refractivity (Wildman–Crippen MR) is 117 cm³/mol. The van der Waals surface area contributed by atoms with Crippen molar-refractivity contribution in [2.75, 3.05) is 0 Å². The van der Waals surface area contributed by atoms with Crippen LogP contribution in [0.25, 0.3) is 21.8 Å². The molecule has 0 saturated carbocycles. The molecule has 3 aromatic carbocycles. The zero-order valence-electron chi connectivity index (χ0n) is 17.0. The Morgan fingerprint density at radius 1 is 0.516 bits per heavy atom. The topological polar surface area (TPSA) is 28.2 Å². The van der Waals surface area contributed by atoms with E-state index in [9.17, 15) is 0 Å². The van der Waals surface area contributed by atoms with Crippen LogP contribution < -0.4 is 44.4 Å². The van der Waals surface area contributed by atoms with Crippen LogP contribution in [0.15, 0.2) is 96.3 Å². The largest absolute Gasteiger partial charge is 1.00 e. The van der Waals surface area contributed by atoms with E-state index in [1.165, 1.54) is 22.3 Å². The summed E-state index contributed by atoms with van der Waals surface area (Å²) in [5.41, 5.74) is 8.76. The third kappa shape index (κ3) is 4.74. The molecular weight excluding hydrogens is 559 g/mol. The van der Waals surface area contributed by atoms with Crippen molar-refractivity contribution in [2.24, 2.45) is 0 Å². The van der Waals surface area contributed by atoms with Crippen molar-refractivity contribution >= 4 is 22.5 Å². The third-order valence-corrected chi connectivity index (χ3v) is 5.18.